The van der Waals surface area contributed by atoms with E-state index in [0.717, 1.165) is 21.9 Å². The van der Waals surface area contributed by atoms with E-state index in [2.05, 4.69) is 10.3 Å². The number of rotatable bonds is 4. The Hall–Kier alpha value is -2.96. The number of carboxylic acids is 1. The average molecular weight is 396 g/mol. The van der Waals surface area contributed by atoms with Crippen molar-refractivity contribution in [3.63, 3.8) is 0 Å². The van der Waals surface area contributed by atoms with Crippen LogP contribution in [0.5, 0.6) is 0 Å². The highest BCUT2D eigenvalue weighted by Gasteiger charge is 2.31. The van der Waals surface area contributed by atoms with E-state index in [1.54, 1.807) is 29.4 Å². The summed E-state index contributed by atoms with van der Waals surface area (Å²) < 4.78 is 0. The minimum atomic E-state index is -0.921. The first-order valence-corrected chi connectivity index (χ1v) is 9.25. The number of aliphatic carboxylic acids is 1. The van der Waals surface area contributed by atoms with Gasteiger partial charge < -0.3 is 10.4 Å². The summed E-state index contributed by atoms with van der Waals surface area (Å²) in [6.07, 6.45) is 3.37. The number of anilines is 1. The Morgan fingerprint density at radius 2 is 2.04 bits per heavy atom. The average Bonchev–Trinajstić information content (AvgIpc) is 2.67. The van der Waals surface area contributed by atoms with Gasteiger partial charge in [-0.15, -0.1) is 0 Å². The minimum Gasteiger partial charge on any atom is -0.480 e. The highest BCUT2D eigenvalue weighted by Crippen LogP contribution is 2.32. The normalized spacial score (nSPS) is 16.5. The molecule has 1 aromatic heterocycles. The van der Waals surface area contributed by atoms with Crippen molar-refractivity contribution in [3.05, 3.63) is 71.0 Å². The fourth-order valence-electron chi connectivity index (χ4n) is 3.67. The van der Waals surface area contributed by atoms with Crippen LogP contribution in [0.15, 0.2) is 54.9 Å². The second-order valence-electron chi connectivity index (χ2n) is 6.86. The SMILES string of the molecule is O=C(O)CN1Cc2ccc(Cl)cc2C(C(=O)Nc2cncc3ccccc23)C1. The van der Waals surface area contributed by atoms with Crippen LogP contribution in [0.1, 0.15) is 17.0 Å². The van der Waals surface area contributed by atoms with E-state index < -0.39 is 11.9 Å². The van der Waals surface area contributed by atoms with Crippen molar-refractivity contribution in [3.8, 4) is 0 Å². The molecule has 0 bridgehead atoms. The molecule has 1 aliphatic rings. The number of carbonyl (C=O) groups is 2. The van der Waals surface area contributed by atoms with E-state index in [1.165, 1.54) is 0 Å². The predicted octanol–water partition coefficient (Wildman–Crippen LogP) is 3.51. The van der Waals surface area contributed by atoms with Gasteiger partial charge >= 0.3 is 5.97 Å². The van der Waals surface area contributed by atoms with Gasteiger partial charge in [-0.2, -0.15) is 0 Å². The predicted molar refractivity (Wildman–Crippen MR) is 107 cm³/mol. The van der Waals surface area contributed by atoms with E-state index in [0.29, 0.717) is 23.8 Å². The lowest BCUT2D eigenvalue weighted by molar-refractivity contribution is -0.139. The number of benzene rings is 2. The molecule has 142 valence electrons. The molecular formula is C21H18ClN3O3. The number of hydrogen-bond donors (Lipinski definition) is 2. The first-order valence-electron chi connectivity index (χ1n) is 8.87. The lowest BCUT2D eigenvalue weighted by atomic mass is 9.89. The third-order valence-electron chi connectivity index (χ3n) is 4.92. The maximum Gasteiger partial charge on any atom is 0.317 e. The Bertz CT molecular complexity index is 1060. The van der Waals surface area contributed by atoms with Crippen LogP contribution in [0.2, 0.25) is 5.02 Å². The standard InChI is InChI=1S/C21H18ClN3O3/c22-15-6-5-14-10-25(12-20(26)27)11-18(17(14)7-15)21(28)24-19-9-23-8-13-3-1-2-4-16(13)19/h1-9,18H,10-12H2,(H,24,28)(H,26,27). The Morgan fingerprint density at radius 1 is 1.21 bits per heavy atom. The molecule has 0 fully saturated rings. The number of amides is 1. The number of carbonyl (C=O) groups excluding carboxylic acids is 1. The minimum absolute atomic E-state index is 0.123. The van der Waals surface area contributed by atoms with E-state index >= 15 is 0 Å². The number of nitrogens with zero attached hydrogens (tertiary/aromatic N) is 2. The Kier molecular flexibility index (Phi) is 4.98. The molecule has 3 aromatic rings. The monoisotopic (exact) mass is 395 g/mol. The summed E-state index contributed by atoms with van der Waals surface area (Å²) in [5, 5.41) is 14.5. The summed E-state index contributed by atoms with van der Waals surface area (Å²) in [6.45, 7) is 0.656. The van der Waals surface area contributed by atoms with Gasteiger partial charge in [-0.1, -0.05) is 41.9 Å². The lowest BCUT2D eigenvalue weighted by Crippen LogP contribution is -2.41. The van der Waals surface area contributed by atoms with E-state index in [1.807, 2.05) is 30.3 Å². The molecule has 1 atom stereocenters. The molecule has 7 heteroatoms. The molecule has 1 aliphatic heterocycles. The van der Waals surface area contributed by atoms with Gasteiger partial charge in [0.2, 0.25) is 5.91 Å². The summed E-state index contributed by atoms with van der Waals surface area (Å²) in [5.41, 5.74) is 2.37. The van der Waals surface area contributed by atoms with Crippen LogP contribution in [-0.2, 0) is 16.1 Å². The number of carboxylic acid groups (broad SMARTS) is 1. The van der Waals surface area contributed by atoms with Gasteiger partial charge in [-0.3, -0.25) is 19.5 Å². The molecule has 2 N–H and O–H groups in total. The number of halogens is 1. The highest BCUT2D eigenvalue weighted by molar-refractivity contribution is 6.30. The third kappa shape index (κ3) is 3.69. The quantitative estimate of drug-likeness (QED) is 0.706. The van der Waals surface area contributed by atoms with Crippen molar-refractivity contribution in [2.24, 2.45) is 0 Å². The topological polar surface area (TPSA) is 82.5 Å². The number of pyridine rings is 1. The first-order chi connectivity index (χ1) is 13.5. The van der Waals surface area contributed by atoms with Crippen molar-refractivity contribution in [2.75, 3.05) is 18.4 Å². The van der Waals surface area contributed by atoms with Crippen molar-refractivity contribution in [1.29, 1.82) is 0 Å². The van der Waals surface area contributed by atoms with Crippen LogP contribution in [0.3, 0.4) is 0 Å². The van der Waals surface area contributed by atoms with Crippen LogP contribution in [0.25, 0.3) is 10.8 Å². The van der Waals surface area contributed by atoms with Crippen LogP contribution in [-0.4, -0.2) is 40.0 Å². The number of nitrogens with one attached hydrogen (secondary N) is 1. The van der Waals surface area contributed by atoms with Crippen molar-refractivity contribution >= 4 is 39.9 Å². The van der Waals surface area contributed by atoms with Gasteiger partial charge in [0.15, 0.2) is 0 Å². The molecule has 1 unspecified atom stereocenters. The maximum absolute atomic E-state index is 13.2. The van der Waals surface area contributed by atoms with Crippen molar-refractivity contribution in [2.45, 2.75) is 12.5 Å². The number of aromatic nitrogens is 1. The van der Waals surface area contributed by atoms with Gasteiger partial charge in [-0.25, -0.2) is 0 Å². The molecule has 0 spiro atoms. The molecule has 0 saturated heterocycles. The summed E-state index contributed by atoms with van der Waals surface area (Å²) in [6, 6.07) is 13.1. The molecule has 28 heavy (non-hydrogen) atoms. The number of fused-ring (bicyclic) bond motifs is 2. The summed E-state index contributed by atoms with van der Waals surface area (Å²) in [4.78, 5) is 30.3. The molecule has 0 aliphatic carbocycles. The van der Waals surface area contributed by atoms with Crippen LogP contribution in [0.4, 0.5) is 5.69 Å². The van der Waals surface area contributed by atoms with Gasteiger partial charge in [0.05, 0.1) is 24.3 Å². The molecule has 0 radical (unpaired) electrons. The second kappa shape index (κ2) is 7.58. The van der Waals surface area contributed by atoms with Gasteiger partial charge in [0, 0.05) is 35.1 Å². The maximum atomic E-state index is 13.2. The Labute approximate surface area is 166 Å². The molecule has 2 aromatic carbocycles. The van der Waals surface area contributed by atoms with Crippen LogP contribution >= 0.6 is 11.6 Å². The second-order valence-corrected chi connectivity index (χ2v) is 7.29. The largest absolute Gasteiger partial charge is 0.480 e. The molecular weight excluding hydrogens is 378 g/mol. The summed E-state index contributed by atoms with van der Waals surface area (Å²) in [7, 11) is 0. The number of hydrogen-bond acceptors (Lipinski definition) is 4. The third-order valence-corrected chi connectivity index (χ3v) is 5.15. The fraction of sp³-hybridized carbons (Fsp3) is 0.190. The zero-order valence-electron chi connectivity index (χ0n) is 14.9. The van der Waals surface area contributed by atoms with Crippen LogP contribution in [0, 0.1) is 0 Å². The van der Waals surface area contributed by atoms with E-state index in [9.17, 15) is 9.59 Å². The van der Waals surface area contributed by atoms with E-state index in [4.69, 9.17) is 16.7 Å². The summed E-state index contributed by atoms with van der Waals surface area (Å²) >= 11 is 6.16. The fourth-order valence-corrected chi connectivity index (χ4v) is 3.85. The van der Waals surface area contributed by atoms with Gasteiger partial charge in [0.1, 0.15) is 0 Å². The molecule has 4 rings (SSSR count). The van der Waals surface area contributed by atoms with Crippen LogP contribution < -0.4 is 5.32 Å². The Morgan fingerprint density at radius 3 is 2.86 bits per heavy atom. The first kappa shape index (κ1) is 18.4. The smallest absolute Gasteiger partial charge is 0.317 e. The lowest BCUT2D eigenvalue weighted by Gasteiger charge is -2.33. The zero-order chi connectivity index (χ0) is 19.7. The van der Waals surface area contributed by atoms with Gasteiger partial charge in [-0.05, 0) is 23.3 Å². The van der Waals surface area contributed by atoms with Gasteiger partial charge in [0.25, 0.3) is 0 Å². The van der Waals surface area contributed by atoms with Crippen molar-refractivity contribution < 1.29 is 14.7 Å². The summed E-state index contributed by atoms with van der Waals surface area (Å²) in [5.74, 6) is -1.66. The highest BCUT2D eigenvalue weighted by atomic mass is 35.5. The Balaban J connectivity index is 1.67. The zero-order valence-corrected chi connectivity index (χ0v) is 15.7. The molecule has 6 nitrogen and oxygen atoms in total. The molecule has 1 amide bonds. The van der Waals surface area contributed by atoms with E-state index in [-0.39, 0.29) is 12.5 Å². The molecule has 2 heterocycles. The van der Waals surface area contributed by atoms with Crippen molar-refractivity contribution in [1.82, 2.24) is 9.88 Å². The molecule has 0 saturated carbocycles.